The van der Waals surface area contributed by atoms with Gasteiger partial charge in [-0.1, -0.05) is 13.8 Å². The van der Waals surface area contributed by atoms with Crippen molar-refractivity contribution in [3.63, 3.8) is 0 Å². The quantitative estimate of drug-likeness (QED) is 0.367. The van der Waals surface area contributed by atoms with Crippen molar-refractivity contribution in [1.82, 2.24) is 14.9 Å². The Kier molecular flexibility index (Phi) is 6.38. The molecule has 0 radical (unpaired) electrons. The molecule has 6 nitrogen and oxygen atoms in total. The molecule has 1 rings (SSSR count). The molecule has 1 aromatic heterocycles. The summed E-state index contributed by atoms with van der Waals surface area (Å²) in [5, 5.41) is 3.29. The molecule has 4 N–H and O–H groups in total. The van der Waals surface area contributed by atoms with E-state index in [2.05, 4.69) is 39.5 Å². The Morgan fingerprint density at radius 3 is 2.61 bits per heavy atom. The Labute approximate surface area is 109 Å². The average molecular weight is 252 g/mol. The van der Waals surface area contributed by atoms with Gasteiger partial charge in [0.05, 0.1) is 0 Å². The third-order valence-electron chi connectivity index (χ3n) is 2.83. The lowest BCUT2D eigenvalue weighted by Crippen LogP contribution is -2.25. The van der Waals surface area contributed by atoms with E-state index in [9.17, 15) is 0 Å². The summed E-state index contributed by atoms with van der Waals surface area (Å²) in [5.74, 6) is 6.57. The normalized spacial score (nSPS) is 10.7. The molecular weight excluding hydrogens is 228 g/mol. The Balaban J connectivity index is 2.37. The van der Waals surface area contributed by atoms with Crippen molar-refractivity contribution in [3.8, 4) is 0 Å². The lowest BCUT2D eigenvalue weighted by Gasteiger charge is -2.17. The maximum absolute atomic E-state index is 5.31. The van der Waals surface area contributed by atoms with Gasteiger partial charge in [-0.3, -0.25) is 5.43 Å². The Morgan fingerprint density at radius 2 is 2.00 bits per heavy atom. The second kappa shape index (κ2) is 7.84. The molecule has 1 heterocycles. The number of aryl methyl sites for hydroxylation is 1. The van der Waals surface area contributed by atoms with Gasteiger partial charge in [0.2, 0.25) is 5.95 Å². The lowest BCUT2D eigenvalue weighted by molar-refractivity contribution is 0.303. The molecule has 1 aromatic rings. The first-order valence-electron chi connectivity index (χ1n) is 6.48. The van der Waals surface area contributed by atoms with Gasteiger partial charge in [-0.25, -0.2) is 10.8 Å². The monoisotopic (exact) mass is 252 g/mol. The zero-order valence-electron chi connectivity index (χ0n) is 11.5. The van der Waals surface area contributed by atoms with Crippen molar-refractivity contribution >= 4 is 11.8 Å². The predicted molar refractivity (Wildman–Crippen MR) is 75.5 cm³/mol. The molecule has 0 atom stereocenters. The fourth-order valence-electron chi connectivity index (χ4n) is 1.78. The van der Waals surface area contributed by atoms with Gasteiger partial charge in [0, 0.05) is 18.3 Å². The molecule has 102 valence electrons. The molecule has 0 fully saturated rings. The molecule has 0 saturated carbocycles. The van der Waals surface area contributed by atoms with Crippen LogP contribution in [0.25, 0.3) is 0 Å². The zero-order valence-corrected chi connectivity index (χ0v) is 11.5. The van der Waals surface area contributed by atoms with Crippen molar-refractivity contribution in [2.24, 2.45) is 5.84 Å². The maximum atomic E-state index is 5.31. The van der Waals surface area contributed by atoms with Gasteiger partial charge in [0.25, 0.3) is 0 Å². The first-order valence-corrected chi connectivity index (χ1v) is 6.48. The molecule has 6 heteroatoms. The summed E-state index contributed by atoms with van der Waals surface area (Å²) < 4.78 is 0. The fourth-order valence-corrected chi connectivity index (χ4v) is 1.78. The molecule has 0 aliphatic carbocycles. The van der Waals surface area contributed by atoms with Gasteiger partial charge < -0.3 is 10.2 Å². The van der Waals surface area contributed by atoms with Crippen LogP contribution in [0.15, 0.2) is 6.07 Å². The third-order valence-corrected chi connectivity index (χ3v) is 2.83. The van der Waals surface area contributed by atoms with Crippen LogP contribution in [-0.2, 0) is 0 Å². The van der Waals surface area contributed by atoms with E-state index in [0.717, 1.165) is 44.1 Å². The first kappa shape index (κ1) is 14.7. The SMILES string of the molecule is CCN(CC)CCCNc1cc(C)nc(NN)n1. The standard InChI is InChI=1S/C12H24N6/c1-4-18(5-2)8-6-7-14-11-9-10(3)15-12(16-11)17-13/h9H,4-8,13H2,1-3H3,(H2,14,15,16,17). The molecule has 0 amide bonds. The largest absolute Gasteiger partial charge is 0.370 e. The van der Waals surface area contributed by atoms with Gasteiger partial charge in [0.1, 0.15) is 5.82 Å². The van der Waals surface area contributed by atoms with Crippen molar-refractivity contribution < 1.29 is 0 Å². The highest BCUT2D eigenvalue weighted by atomic mass is 15.3. The van der Waals surface area contributed by atoms with Gasteiger partial charge in [-0.05, 0) is 33.0 Å². The van der Waals surface area contributed by atoms with Crippen LogP contribution < -0.4 is 16.6 Å². The fraction of sp³-hybridized carbons (Fsp3) is 0.667. The van der Waals surface area contributed by atoms with E-state index < -0.39 is 0 Å². The number of hydrogen-bond acceptors (Lipinski definition) is 6. The highest BCUT2D eigenvalue weighted by molar-refractivity contribution is 5.41. The first-order chi connectivity index (χ1) is 8.69. The topological polar surface area (TPSA) is 79.1 Å². The molecule has 0 bridgehead atoms. The van der Waals surface area contributed by atoms with Crippen molar-refractivity contribution in [1.29, 1.82) is 0 Å². The summed E-state index contributed by atoms with van der Waals surface area (Å²) >= 11 is 0. The van der Waals surface area contributed by atoms with Crippen LogP contribution in [0.4, 0.5) is 11.8 Å². The van der Waals surface area contributed by atoms with E-state index in [1.807, 2.05) is 13.0 Å². The van der Waals surface area contributed by atoms with E-state index in [4.69, 9.17) is 5.84 Å². The van der Waals surface area contributed by atoms with Crippen LogP contribution in [-0.4, -0.2) is 41.0 Å². The number of nitrogens with two attached hydrogens (primary N) is 1. The van der Waals surface area contributed by atoms with Crippen LogP contribution in [0.5, 0.6) is 0 Å². The number of anilines is 2. The number of nitrogen functional groups attached to an aromatic ring is 1. The van der Waals surface area contributed by atoms with Gasteiger partial charge >= 0.3 is 0 Å². The lowest BCUT2D eigenvalue weighted by atomic mass is 10.3. The Hall–Kier alpha value is -1.40. The van der Waals surface area contributed by atoms with Crippen molar-refractivity contribution in [2.75, 3.05) is 36.9 Å². The molecule has 0 aliphatic rings. The van der Waals surface area contributed by atoms with Gasteiger partial charge in [0.15, 0.2) is 0 Å². The summed E-state index contributed by atoms with van der Waals surface area (Å²) in [6, 6.07) is 1.91. The Bertz CT molecular complexity index is 350. The summed E-state index contributed by atoms with van der Waals surface area (Å²) in [5.41, 5.74) is 3.36. The zero-order chi connectivity index (χ0) is 13.4. The Morgan fingerprint density at radius 1 is 1.28 bits per heavy atom. The van der Waals surface area contributed by atoms with Crippen molar-refractivity contribution in [3.05, 3.63) is 11.8 Å². The summed E-state index contributed by atoms with van der Waals surface area (Å²) in [7, 11) is 0. The van der Waals surface area contributed by atoms with Gasteiger partial charge in [-0.2, -0.15) is 4.98 Å². The number of rotatable bonds is 8. The van der Waals surface area contributed by atoms with E-state index >= 15 is 0 Å². The van der Waals surface area contributed by atoms with Crippen LogP contribution in [0, 0.1) is 6.92 Å². The molecule has 0 aromatic carbocycles. The summed E-state index contributed by atoms with van der Waals surface area (Å²) in [4.78, 5) is 10.8. The minimum absolute atomic E-state index is 0.446. The van der Waals surface area contributed by atoms with E-state index in [0.29, 0.717) is 5.95 Å². The smallest absolute Gasteiger partial charge is 0.239 e. The van der Waals surface area contributed by atoms with Crippen LogP contribution in [0.3, 0.4) is 0 Å². The van der Waals surface area contributed by atoms with Crippen LogP contribution in [0.2, 0.25) is 0 Å². The molecular formula is C12H24N6. The molecule has 18 heavy (non-hydrogen) atoms. The highest BCUT2D eigenvalue weighted by Crippen LogP contribution is 2.08. The van der Waals surface area contributed by atoms with E-state index in [-0.39, 0.29) is 0 Å². The highest BCUT2D eigenvalue weighted by Gasteiger charge is 2.01. The molecule has 0 saturated heterocycles. The molecule has 0 aliphatic heterocycles. The number of aromatic nitrogens is 2. The molecule has 0 spiro atoms. The number of nitrogens with one attached hydrogen (secondary N) is 2. The predicted octanol–water partition coefficient (Wildman–Crippen LogP) is 1.21. The third kappa shape index (κ3) is 4.85. The van der Waals surface area contributed by atoms with E-state index in [1.54, 1.807) is 0 Å². The second-order valence-corrected chi connectivity index (χ2v) is 4.17. The minimum atomic E-state index is 0.446. The van der Waals surface area contributed by atoms with Crippen LogP contribution >= 0.6 is 0 Å². The van der Waals surface area contributed by atoms with E-state index in [1.165, 1.54) is 0 Å². The average Bonchev–Trinajstić information content (AvgIpc) is 2.38. The molecule has 0 unspecified atom stereocenters. The van der Waals surface area contributed by atoms with Crippen molar-refractivity contribution in [2.45, 2.75) is 27.2 Å². The number of nitrogens with zero attached hydrogens (tertiary/aromatic N) is 3. The summed E-state index contributed by atoms with van der Waals surface area (Å²) in [6.45, 7) is 10.5. The number of hydrazine groups is 1. The summed E-state index contributed by atoms with van der Waals surface area (Å²) in [6.07, 6.45) is 1.09. The minimum Gasteiger partial charge on any atom is -0.370 e. The van der Waals surface area contributed by atoms with Crippen LogP contribution in [0.1, 0.15) is 26.0 Å². The van der Waals surface area contributed by atoms with Gasteiger partial charge in [-0.15, -0.1) is 0 Å². The maximum Gasteiger partial charge on any atom is 0.239 e. The number of hydrogen-bond donors (Lipinski definition) is 3. The second-order valence-electron chi connectivity index (χ2n) is 4.17.